The molecule has 1 aliphatic heterocycles. The number of likely N-dealkylation sites (tertiary alicyclic amines) is 1. The predicted molar refractivity (Wildman–Crippen MR) is 93.2 cm³/mol. The van der Waals surface area contributed by atoms with E-state index in [-0.39, 0.29) is 0 Å². The third kappa shape index (κ3) is 3.65. The molecule has 4 heterocycles. The average Bonchev–Trinajstić information content (AvgIpc) is 3.33. The first-order valence-electron chi connectivity index (χ1n) is 8.97. The second-order valence-corrected chi connectivity index (χ2v) is 6.94. The van der Waals surface area contributed by atoms with Crippen molar-refractivity contribution in [2.45, 2.75) is 45.1 Å². The highest BCUT2D eigenvalue weighted by atomic mass is 16.5. The highest BCUT2D eigenvalue weighted by Crippen LogP contribution is 2.28. The van der Waals surface area contributed by atoms with Gasteiger partial charge in [-0.2, -0.15) is 4.98 Å². The SMILES string of the molecule is CC(C)c1noc(C2CCN(Cc3nnc(-c4cccnc4)o3)CC2)n1. The first-order valence-corrected chi connectivity index (χ1v) is 8.97. The zero-order valence-corrected chi connectivity index (χ0v) is 15.0. The van der Waals surface area contributed by atoms with Crippen LogP contribution < -0.4 is 0 Å². The first kappa shape index (κ1) is 16.8. The maximum atomic E-state index is 5.77. The van der Waals surface area contributed by atoms with Gasteiger partial charge >= 0.3 is 0 Å². The van der Waals surface area contributed by atoms with Gasteiger partial charge in [-0.3, -0.25) is 9.88 Å². The van der Waals surface area contributed by atoms with Crippen LogP contribution in [0.1, 0.15) is 56.1 Å². The Hall–Kier alpha value is -2.61. The van der Waals surface area contributed by atoms with E-state index in [1.807, 2.05) is 12.1 Å². The van der Waals surface area contributed by atoms with Crippen molar-refractivity contribution in [3.63, 3.8) is 0 Å². The van der Waals surface area contributed by atoms with Crippen LogP contribution in [0.2, 0.25) is 0 Å². The van der Waals surface area contributed by atoms with Gasteiger partial charge in [-0.05, 0) is 38.1 Å². The quantitative estimate of drug-likeness (QED) is 0.690. The van der Waals surface area contributed by atoms with Gasteiger partial charge in [0.1, 0.15) is 0 Å². The number of pyridine rings is 1. The molecule has 0 amide bonds. The summed E-state index contributed by atoms with van der Waals surface area (Å²) in [6.45, 7) is 6.67. The Morgan fingerprint density at radius 1 is 1.23 bits per heavy atom. The fraction of sp³-hybridized carbons (Fsp3) is 0.500. The van der Waals surface area contributed by atoms with E-state index in [0.717, 1.165) is 43.2 Å². The third-order valence-corrected chi connectivity index (χ3v) is 4.64. The van der Waals surface area contributed by atoms with Gasteiger partial charge in [0.15, 0.2) is 5.82 Å². The Morgan fingerprint density at radius 2 is 2.08 bits per heavy atom. The van der Waals surface area contributed by atoms with Crippen LogP contribution in [0.25, 0.3) is 11.5 Å². The fourth-order valence-electron chi connectivity index (χ4n) is 3.10. The summed E-state index contributed by atoms with van der Waals surface area (Å²) in [5, 5.41) is 12.3. The number of piperidine rings is 1. The maximum absolute atomic E-state index is 5.77. The highest BCUT2D eigenvalue weighted by molar-refractivity contribution is 5.49. The molecule has 0 radical (unpaired) electrons. The molecule has 0 bridgehead atoms. The number of hydrogen-bond donors (Lipinski definition) is 0. The Morgan fingerprint density at radius 3 is 2.77 bits per heavy atom. The van der Waals surface area contributed by atoms with Crippen molar-refractivity contribution >= 4 is 0 Å². The summed E-state index contributed by atoms with van der Waals surface area (Å²) >= 11 is 0. The number of nitrogens with zero attached hydrogens (tertiary/aromatic N) is 6. The van der Waals surface area contributed by atoms with Gasteiger partial charge in [0.2, 0.25) is 17.7 Å². The summed E-state index contributed by atoms with van der Waals surface area (Å²) in [6, 6.07) is 3.76. The van der Waals surface area contributed by atoms with Crippen LogP contribution in [0.3, 0.4) is 0 Å². The predicted octanol–water partition coefficient (Wildman–Crippen LogP) is 3.02. The van der Waals surface area contributed by atoms with Gasteiger partial charge in [0.25, 0.3) is 0 Å². The van der Waals surface area contributed by atoms with E-state index in [1.165, 1.54) is 0 Å². The van der Waals surface area contributed by atoms with Crippen LogP contribution >= 0.6 is 0 Å². The van der Waals surface area contributed by atoms with E-state index in [9.17, 15) is 0 Å². The molecule has 0 aromatic carbocycles. The minimum atomic E-state index is 0.291. The molecule has 0 atom stereocenters. The van der Waals surface area contributed by atoms with E-state index in [2.05, 4.69) is 44.1 Å². The summed E-state index contributed by atoms with van der Waals surface area (Å²) in [4.78, 5) is 10.9. The standard InChI is InChI=1S/C18H22N6O2/c1-12(2)16-20-17(26-23-16)13-5-8-24(9-6-13)11-15-21-22-18(25-15)14-4-3-7-19-10-14/h3-4,7,10,12-13H,5-6,8-9,11H2,1-2H3. The zero-order chi connectivity index (χ0) is 17.9. The molecule has 26 heavy (non-hydrogen) atoms. The van der Waals surface area contributed by atoms with Gasteiger partial charge in [-0.1, -0.05) is 19.0 Å². The van der Waals surface area contributed by atoms with Crippen LogP contribution in [0.5, 0.6) is 0 Å². The molecule has 8 heteroatoms. The lowest BCUT2D eigenvalue weighted by molar-refractivity contribution is 0.174. The van der Waals surface area contributed by atoms with E-state index >= 15 is 0 Å². The number of hydrogen-bond acceptors (Lipinski definition) is 8. The summed E-state index contributed by atoms with van der Waals surface area (Å²) in [5.74, 6) is 3.32. The van der Waals surface area contributed by atoms with Gasteiger partial charge in [-0.15, -0.1) is 10.2 Å². The topological polar surface area (TPSA) is 94.0 Å². The molecular weight excluding hydrogens is 332 g/mol. The van der Waals surface area contributed by atoms with Crippen molar-refractivity contribution in [2.24, 2.45) is 0 Å². The summed E-state index contributed by atoms with van der Waals surface area (Å²) < 4.78 is 11.2. The van der Waals surface area contributed by atoms with Crippen molar-refractivity contribution in [3.8, 4) is 11.5 Å². The highest BCUT2D eigenvalue weighted by Gasteiger charge is 2.26. The molecule has 0 spiro atoms. The molecule has 0 unspecified atom stereocenters. The summed E-state index contributed by atoms with van der Waals surface area (Å²) in [5.41, 5.74) is 0.835. The van der Waals surface area contributed by atoms with Crippen molar-refractivity contribution in [1.82, 2.24) is 30.2 Å². The molecule has 4 rings (SSSR count). The minimum absolute atomic E-state index is 0.291. The fourth-order valence-corrected chi connectivity index (χ4v) is 3.10. The summed E-state index contributed by atoms with van der Waals surface area (Å²) in [6.07, 6.45) is 5.42. The molecule has 3 aromatic heterocycles. The average molecular weight is 354 g/mol. The Kier molecular flexibility index (Phi) is 4.75. The van der Waals surface area contributed by atoms with Crippen molar-refractivity contribution in [2.75, 3.05) is 13.1 Å². The van der Waals surface area contributed by atoms with Crippen LogP contribution in [0, 0.1) is 0 Å². The van der Waals surface area contributed by atoms with E-state index in [0.29, 0.717) is 30.2 Å². The van der Waals surface area contributed by atoms with Crippen LogP contribution in [-0.2, 0) is 6.54 Å². The lowest BCUT2D eigenvalue weighted by Crippen LogP contribution is -2.32. The second kappa shape index (κ2) is 7.33. The largest absolute Gasteiger partial charge is 0.419 e. The molecule has 1 saturated heterocycles. The lowest BCUT2D eigenvalue weighted by Gasteiger charge is -2.28. The van der Waals surface area contributed by atoms with Crippen LogP contribution in [0.4, 0.5) is 0 Å². The monoisotopic (exact) mass is 354 g/mol. The molecule has 1 fully saturated rings. The Labute approximate surface area is 151 Å². The maximum Gasteiger partial charge on any atom is 0.249 e. The molecule has 0 N–H and O–H groups in total. The second-order valence-electron chi connectivity index (χ2n) is 6.94. The van der Waals surface area contributed by atoms with Crippen LogP contribution in [-0.4, -0.2) is 43.3 Å². The Bertz CT molecular complexity index is 836. The van der Waals surface area contributed by atoms with E-state index in [1.54, 1.807) is 12.4 Å². The van der Waals surface area contributed by atoms with E-state index < -0.39 is 0 Å². The normalized spacial score (nSPS) is 16.4. The van der Waals surface area contributed by atoms with Gasteiger partial charge in [-0.25, -0.2) is 0 Å². The lowest BCUT2D eigenvalue weighted by atomic mass is 9.97. The number of aromatic nitrogens is 5. The van der Waals surface area contributed by atoms with Crippen molar-refractivity contribution < 1.29 is 8.94 Å². The van der Waals surface area contributed by atoms with Crippen LogP contribution in [0.15, 0.2) is 33.5 Å². The van der Waals surface area contributed by atoms with E-state index in [4.69, 9.17) is 8.94 Å². The molecule has 1 aliphatic rings. The zero-order valence-electron chi connectivity index (χ0n) is 15.0. The van der Waals surface area contributed by atoms with Gasteiger partial charge < -0.3 is 8.94 Å². The molecule has 0 aliphatic carbocycles. The van der Waals surface area contributed by atoms with Gasteiger partial charge in [0, 0.05) is 24.2 Å². The van der Waals surface area contributed by atoms with Crippen molar-refractivity contribution in [1.29, 1.82) is 0 Å². The Balaban J connectivity index is 1.33. The van der Waals surface area contributed by atoms with Crippen molar-refractivity contribution in [3.05, 3.63) is 42.1 Å². The number of rotatable bonds is 5. The molecule has 8 nitrogen and oxygen atoms in total. The summed E-state index contributed by atoms with van der Waals surface area (Å²) in [7, 11) is 0. The van der Waals surface area contributed by atoms with Gasteiger partial charge in [0.05, 0.1) is 12.1 Å². The molecular formula is C18H22N6O2. The first-order chi connectivity index (χ1) is 12.7. The molecule has 3 aromatic rings. The molecule has 0 saturated carbocycles. The molecule has 136 valence electrons. The third-order valence-electron chi connectivity index (χ3n) is 4.64. The minimum Gasteiger partial charge on any atom is -0.419 e. The smallest absolute Gasteiger partial charge is 0.249 e.